The van der Waals surface area contributed by atoms with Crippen LogP contribution in [0.5, 0.6) is 0 Å². The van der Waals surface area contributed by atoms with Crippen molar-refractivity contribution in [1.82, 2.24) is 35.1 Å². The van der Waals surface area contributed by atoms with Crippen LogP contribution in [0.3, 0.4) is 0 Å². The molecule has 8 aliphatic rings. The first-order valence-corrected chi connectivity index (χ1v) is 34.7. The number of nitrogens with zero attached hydrogens (tertiary/aromatic N) is 6. The second-order valence-electron chi connectivity index (χ2n) is 29.3. The van der Waals surface area contributed by atoms with E-state index >= 15 is 0 Å². The Morgan fingerprint density at radius 2 is 0.907 bits per heavy atom. The number of piperidine rings is 8. The van der Waals surface area contributed by atoms with Gasteiger partial charge in [0.2, 0.25) is 0 Å². The Bertz CT molecular complexity index is 2560. The molecule has 0 aliphatic carbocycles. The van der Waals surface area contributed by atoms with Gasteiger partial charge in [-0.15, -0.1) is 24.8 Å². The number of carbonyl (C=O) groups is 3. The third-order valence-electron chi connectivity index (χ3n) is 18.2. The molecule has 0 spiro atoms. The Balaban J connectivity index is 0.000000593. The molecule has 10 rings (SSSR count). The standard InChI is InChI=1S/C18H25F3N2O.C16H30N2O3.C11H22N2O.C10H17NO3.C7H4BrF3.C6H13NO.CH4O.CH4.2ClH/c1-17(24)8-11-22(12-9-17)14-5-4-10-23(13-14)16-7-3-2-6-15(16)18(19,20)21;1-15(2,3)21-14(19)18-9-5-6-13(12-18)17-10-7-16(4,20)8-11-17;1-11(14)4-7-13(8-5-11)10-3-2-6-12-9-10;1-10(2,3)14-9(13)11-6-4-5-8(12)7-11;8-6-4-2-1-3-5(6)7(9,10)11;1-6(8)2-4-7-5-3-6;1-2;;;/h2-3,6-7,14,24H,4-5,8-13H2,1H3;13,20H,5-12H2,1-4H3;10,12,14H,2-9H2,1H3;4-7H2,1-3H3;1-4H;7-8H,2-5H2,1H3;2H,1H3;1H4;2*1H. The molecule has 0 aromatic heterocycles. The van der Waals surface area contributed by atoms with Crippen molar-refractivity contribution in [2.75, 3.05) is 117 Å². The van der Waals surface area contributed by atoms with E-state index in [-0.39, 0.29) is 72.9 Å². The van der Waals surface area contributed by atoms with Gasteiger partial charge in [-0.05, 0) is 209 Å². The molecule has 564 valence electrons. The maximum atomic E-state index is 13.3. The van der Waals surface area contributed by atoms with Crippen molar-refractivity contribution in [3.05, 3.63) is 64.1 Å². The number of ether oxygens (including phenoxy) is 2. The van der Waals surface area contributed by atoms with Crippen LogP contribution < -0.4 is 15.5 Å². The van der Waals surface area contributed by atoms with Crippen LogP contribution >= 0.6 is 40.7 Å². The van der Waals surface area contributed by atoms with Crippen molar-refractivity contribution < 1.29 is 75.7 Å². The zero-order chi connectivity index (χ0) is 70.4. The van der Waals surface area contributed by atoms with Gasteiger partial charge in [-0.1, -0.05) is 47.6 Å². The summed E-state index contributed by atoms with van der Waals surface area (Å²) < 4.78 is 86.6. The number of anilines is 1. The number of carbonyl (C=O) groups excluding carboxylic acids is 3. The molecule has 2 aromatic rings. The van der Waals surface area contributed by atoms with Crippen LogP contribution in [0.15, 0.2) is 53.0 Å². The van der Waals surface area contributed by atoms with Crippen LogP contribution in [0.25, 0.3) is 0 Å². The van der Waals surface area contributed by atoms with Gasteiger partial charge < -0.3 is 60.3 Å². The summed E-state index contributed by atoms with van der Waals surface area (Å²) in [7, 11) is 1.00. The van der Waals surface area contributed by atoms with Crippen LogP contribution in [0.4, 0.5) is 41.6 Å². The number of hydrogen-bond acceptors (Lipinski definition) is 16. The second kappa shape index (κ2) is 41.7. The molecule has 0 radical (unpaired) electrons. The highest BCUT2D eigenvalue weighted by molar-refractivity contribution is 9.10. The number of rotatable bonds is 4. The SMILES string of the molecule is C.CC(C)(C)OC(=O)N1CCCC(=O)C1.CC1(O)CCN(C2CCCN(C(=O)OC(C)(C)C)C2)CC1.CC1(O)CCN(C2CCCN(c3ccccc3C(F)(F)F)C2)CC1.CC1(O)CCN(C2CCCNC2)CC1.CC1(O)CCNCC1.CO.Cl.Cl.FC(F)(F)c1ccccc1Br. The fraction of sp³-hybridized carbons (Fsp3) is 0.786. The number of likely N-dealkylation sites (tertiary alicyclic amines) is 5. The summed E-state index contributed by atoms with van der Waals surface area (Å²) in [5, 5.41) is 52.9. The lowest BCUT2D eigenvalue weighted by Crippen LogP contribution is -2.54. The van der Waals surface area contributed by atoms with Gasteiger partial charge in [0.05, 0.1) is 40.1 Å². The van der Waals surface area contributed by atoms with E-state index < -0.39 is 51.5 Å². The number of nitrogens with one attached hydrogen (secondary N) is 2. The van der Waals surface area contributed by atoms with Crippen molar-refractivity contribution in [2.45, 2.75) is 243 Å². The Labute approximate surface area is 596 Å². The maximum absolute atomic E-state index is 13.3. The van der Waals surface area contributed by atoms with E-state index in [9.17, 15) is 61.2 Å². The number of aliphatic hydroxyl groups excluding tert-OH is 1. The highest BCUT2D eigenvalue weighted by atomic mass is 79.9. The highest BCUT2D eigenvalue weighted by Crippen LogP contribution is 2.39. The van der Waals surface area contributed by atoms with Gasteiger partial charge in [-0.3, -0.25) is 19.5 Å². The Morgan fingerprint density at radius 1 is 0.515 bits per heavy atom. The summed E-state index contributed by atoms with van der Waals surface area (Å²) in [6.07, 6.45) is 5.58. The van der Waals surface area contributed by atoms with Gasteiger partial charge >= 0.3 is 24.5 Å². The number of benzene rings is 2. The normalized spacial score (nSPS) is 23.6. The maximum Gasteiger partial charge on any atom is 0.418 e. The number of alkyl halides is 6. The van der Waals surface area contributed by atoms with Crippen LogP contribution in [-0.2, 0) is 26.6 Å². The molecule has 18 nitrogen and oxygen atoms in total. The van der Waals surface area contributed by atoms with Crippen molar-refractivity contribution in [3.8, 4) is 0 Å². The van der Waals surface area contributed by atoms with E-state index in [1.165, 1.54) is 42.5 Å². The minimum atomic E-state index is -4.33. The number of aliphatic hydroxyl groups is 5. The van der Waals surface area contributed by atoms with Gasteiger partial charge in [0.15, 0.2) is 5.78 Å². The summed E-state index contributed by atoms with van der Waals surface area (Å²) in [4.78, 5) is 47.3. The molecule has 27 heteroatoms. The summed E-state index contributed by atoms with van der Waals surface area (Å²) in [5.41, 5.74) is -3.73. The molecule has 2 aromatic carbocycles. The van der Waals surface area contributed by atoms with Gasteiger partial charge in [-0.25, -0.2) is 9.59 Å². The molecule has 8 aliphatic heterocycles. The Morgan fingerprint density at radius 3 is 1.31 bits per heavy atom. The van der Waals surface area contributed by atoms with E-state index in [0.29, 0.717) is 37.8 Å². The van der Waals surface area contributed by atoms with Crippen LogP contribution in [-0.4, -0.2) is 232 Å². The molecule has 7 N–H and O–H groups in total. The molecule has 3 atom stereocenters. The lowest BCUT2D eigenvalue weighted by molar-refractivity contribution is -0.138. The molecule has 97 heavy (non-hydrogen) atoms. The van der Waals surface area contributed by atoms with E-state index in [2.05, 4.69) is 41.3 Å². The molecule has 0 saturated carbocycles. The Kier molecular flexibility index (Phi) is 39.4. The monoisotopic (exact) mass is 1500 g/mol. The number of Topliss-reactive ketones (excluding diaryl/α,β-unsaturated/α-hetero) is 1. The molecule has 2 amide bonds. The first kappa shape index (κ1) is 91.7. The van der Waals surface area contributed by atoms with Gasteiger partial charge in [0, 0.05) is 120 Å². The predicted octanol–water partition coefficient (Wildman–Crippen LogP) is 12.6. The van der Waals surface area contributed by atoms with E-state index in [4.69, 9.17) is 14.6 Å². The third kappa shape index (κ3) is 34.5. The fourth-order valence-corrected chi connectivity index (χ4v) is 12.9. The minimum Gasteiger partial charge on any atom is -0.444 e. The van der Waals surface area contributed by atoms with E-state index in [1.54, 1.807) is 18.2 Å². The largest absolute Gasteiger partial charge is 0.444 e. The molecular weight excluding hydrogens is 1380 g/mol. The van der Waals surface area contributed by atoms with Crippen molar-refractivity contribution >= 4 is 64.4 Å². The lowest BCUT2D eigenvalue weighted by Gasteiger charge is -2.44. The van der Waals surface area contributed by atoms with Crippen molar-refractivity contribution in [1.29, 1.82) is 0 Å². The third-order valence-corrected chi connectivity index (χ3v) is 18.9. The average molecular weight is 1500 g/mol. The van der Waals surface area contributed by atoms with Crippen LogP contribution in [0.2, 0.25) is 0 Å². The lowest BCUT2D eigenvalue weighted by atomic mass is 9.91. The van der Waals surface area contributed by atoms with Crippen LogP contribution in [0, 0.1) is 0 Å². The zero-order valence-corrected chi connectivity index (χ0v) is 62.1. The number of amides is 2. The summed E-state index contributed by atoms with van der Waals surface area (Å²) in [6.45, 7) is 32.3. The van der Waals surface area contributed by atoms with Crippen molar-refractivity contribution in [3.63, 3.8) is 0 Å². The van der Waals surface area contributed by atoms with Gasteiger partial charge in [0.25, 0.3) is 0 Å². The smallest absolute Gasteiger partial charge is 0.418 e. The highest BCUT2D eigenvalue weighted by Gasteiger charge is 2.40. The second-order valence-corrected chi connectivity index (χ2v) is 30.2. The zero-order valence-electron chi connectivity index (χ0n) is 58.9. The topological polar surface area (TPSA) is 214 Å². The molecule has 8 heterocycles. The van der Waals surface area contributed by atoms with Crippen LogP contribution in [0.1, 0.15) is 191 Å². The quantitative estimate of drug-likeness (QED) is 0.142. The number of ketones is 1. The summed E-state index contributed by atoms with van der Waals surface area (Å²) >= 11 is 2.81. The molecule has 8 saturated heterocycles. The van der Waals surface area contributed by atoms with Crippen molar-refractivity contribution in [2.24, 2.45) is 0 Å². The predicted molar refractivity (Wildman–Crippen MR) is 381 cm³/mol. The Hall–Kier alpha value is -3.31. The fourth-order valence-electron chi connectivity index (χ4n) is 12.4. The first-order chi connectivity index (χ1) is 43.7. The minimum absolute atomic E-state index is 0. The van der Waals surface area contributed by atoms with E-state index in [1.807, 2.05) is 79.0 Å². The van der Waals surface area contributed by atoms with Gasteiger partial charge in [0.1, 0.15) is 11.2 Å². The first-order valence-electron chi connectivity index (χ1n) is 33.9. The van der Waals surface area contributed by atoms with Gasteiger partial charge in [-0.2, -0.15) is 26.3 Å². The van der Waals surface area contributed by atoms with E-state index in [0.717, 1.165) is 181 Å². The summed E-state index contributed by atoms with van der Waals surface area (Å²) in [5.74, 6) is 0.113. The average Bonchev–Trinajstić information content (AvgIpc) is 0.822. The molecule has 3 unspecified atom stereocenters. The number of hydrogen-bond donors (Lipinski definition) is 7. The molecular formula is C70H121BrCl2F6N8O10. The summed E-state index contributed by atoms with van der Waals surface area (Å²) in [6, 6.07) is 12.5. The molecule has 0 bridgehead atoms. The number of para-hydroxylation sites is 1. The molecule has 8 fully saturated rings. The number of halogens is 9.